The Labute approximate surface area is 180 Å². The Bertz CT molecular complexity index is 715. The summed E-state index contributed by atoms with van der Waals surface area (Å²) in [5.74, 6) is 2.36. The summed E-state index contributed by atoms with van der Waals surface area (Å²) >= 11 is 0. The molecule has 1 aromatic carbocycles. The molecule has 1 amide bonds. The number of guanidine groups is 1. The third-order valence-electron chi connectivity index (χ3n) is 6.11. The third kappa shape index (κ3) is 6.28. The highest BCUT2D eigenvalue weighted by molar-refractivity contribution is 5.85. The van der Waals surface area contributed by atoms with Crippen molar-refractivity contribution < 1.29 is 9.53 Å². The largest absolute Gasteiger partial charge is 0.495 e. The Morgan fingerprint density at radius 3 is 2.70 bits per heavy atom. The summed E-state index contributed by atoms with van der Waals surface area (Å²) in [5.41, 5.74) is 1.13. The predicted molar refractivity (Wildman–Crippen MR) is 122 cm³/mol. The molecule has 3 rings (SSSR count). The van der Waals surface area contributed by atoms with Crippen molar-refractivity contribution in [1.29, 1.82) is 0 Å². The number of methoxy groups -OCH3 is 1. The summed E-state index contributed by atoms with van der Waals surface area (Å²) in [6, 6.07) is 8.43. The lowest BCUT2D eigenvalue weighted by Crippen LogP contribution is -2.46. The molecule has 7 heteroatoms. The molecule has 7 nitrogen and oxygen atoms in total. The molecule has 1 saturated carbocycles. The van der Waals surface area contributed by atoms with Gasteiger partial charge in [0.2, 0.25) is 5.91 Å². The van der Waals surface area contributed by atoms with Crippen LogP contribution in [0.1, 0.15) is 38.5 Å². The van der Waals surface area contributed by atoms with Gasteiger partial charge in [0.25, 0.3) is 0 Å². The minimum absolute atomic E-state index is 0.0100. The van der Waals surface area contributed by atoms with Gasteiger partial charge in [-0.15, -0.1) is 0 Å². The first-order chi connectivity index (χ1) is 14.6. The number of rotatable bonds is 7. The number of carbonyl (C=O) groups excluding carboxylic acids is 1. The quantitative estimate of drug-likeness (QED) is 0.529. The van der Waals surface area contributed by atoms with Gasteiger partial charge in [0, 0.05) is 39.8 Å². The number of likely N-dealkylation sites (N-methyl/N-ethyl adjacent to an activating group) is 1. The Morgan fingerprint density at radius 1 is 1.20 bits per heavy atom. The zero-order valence-corrected chi connectivity index (χ0v) is 18.7. The summed E-state index contributed by atoms with van der Waals surface area (Å²) in [4.78, 5) is 20.6. The van der Waals surface area contributed by atoms with Crippen molar-refractivity contribution in [1.82, 2.24) is 15.5 Å². The van der Waals surface area contributed by atoms with Crippen molar-refractivity contribution in [2.45, 2.75) is 44.6 Å². The number of nitrogens with one attached hydrogen (secondary N) is 2. The van der Waals surface area contributed by atoms with Gasteiger partial charge in [-0.05, 0) is 37.3 Å². The second kappa shape index (κ2) is 11.1. The van der Waals surface area contributed by atoms with Crippen molar-refractivity contribution in [3.05, 3.63) is 24.3 Å². The number of benzene rings is 1. The monoisotopic (exact) mass is 415 g/mol. The molecule has 0 bridgehead atoms. The van der Waals surface area contributed by atoms with Gasteiger partial charge in [0.05, 0.1) is 12.8 Å². The highest BCUT2D eigenvalue weighted by Gasteiger charge is 2.25. The average Bonchev–Trinajstić information content (AvgIpc) is 3.24. The first-order valence-corrected chi connectivity index (χ1v) is 11.2. The Kier molecular flexibility index (Phi) is 8.22. The molecular weight excluding hydrogens is 378 g/mol. The van der Waals surface area contributed by atoms with E-state index in [-0.39, 0.29) is 18.5 Å². The van der Waals surface area contributed by atoms with Gasteiger partial charge >= 0.3 is 0 Å². The Morgan fingerprint density at radius 2 is 1.97 bits per heavy atom. The van der Waals surface area contributed by atoms with Crippen LogP contribution in [-0.2, 0) is 4.79 Å². The van der Waals surface area contributed by atoms with Gasteiger partial charge in [0.15, 0.2) is 5.96 Å². The molecule has 1 saturated heterocycles. The number of carbonyl (C=O) groups is 1. The van der Waals surface area contributed by atoms with Crippen LogP contribution < -0.4 is 20.3 Å². The first-order valence-electron chi connectivity index (χ1n) is 11.2. The van der Waals surface area contributed by atoms with E-state index in [4.69, 9.17) is 4.74 Å². The molecule has 1 unspecified atom stereocenters. The van der Waals surface area contributed by atoms with Crippen LogP contribution in [0.5, 0.6) is 5.75 Å². The summed E-state index contributed by atoms with van der Waals surface area (Å²) in [7, 11) is 5.25. The SMILES string of the molecule is COc1ccccc1N1CCC(NC(=NCC(=O)N(C)C)NCC2CCCCC2)C1. The molecule has 2 N–H and O–H groups in total. The van der Waals surface area contributed by atoms with E-state index in [1.165, 1.54) is 32.1 Å². The van der Waals surface area contributed by atoms with Crippen LogP contribution in [0.15, 0.2) is 29.3 Å². The van der Waals surface area contributed by atoms with Crippen LogP contribution in [0.4, 0.5) is 5.69 Å². The lowest BCUT2D eigenvalue weighted by molar-refractivity contribution is -0.127. The van der Waals surface area contributed by atoms with Crippen molar-refractivity contribution in [2.24, 2.45) is 10.9 Å². The second-order valence-corrected chi connectivity index (χ2v) is 8.59. The smallest absolute Gasteiger partial charge is 0.243 e. The summed E-state index contributed by atoms with van der Waals surface area (Å²) < 4.78 is 5.53. The minimum Gasteiger partial charge on any atom is -0.495 e. The fraction of sp³-hybridized carbons (Fsp3) is 0.652. The fourth-order valence-electron chi connectivity index (χ4n) is 4.25. The van der Waals surface area contributed by atoms with E-state index >= 15 is 0 Å². The summed E-state index contributed by atoms with van der Waals surface area (Å²) in [6.07, 6.45) is 7.57. The van der Waals surface area contributed by atoms with Crippen LogP contribution in [0.25, 0.3) is 0 Å². The first kappa shape index (κ1) is 22.2. The second-order valence-electron chi connectivity index (χ2n) is 8.59. The van der Waals surface area contributed by atoms with Crippen molar-refractivity contribution in [3.8, 4) is 5.75 Å². The molecular formula is C23H37N5O2. The molecule has 2 aliphatic rings. The maximum atomic E-state index is 12.0. The standard InChI is InChI=1S/C23H37N5O2/c1-27(2)22(29)16-25-23(24-15-18-9-5-4-6-10-18)26-19-13-14-28(17-19)20-11-7-8-12-21(20)30-3/h7-8,11-12,18-19H,4-6,9-10,13-17H2,1-3H3,(H2,24,25,26). The highest BCUT2D eigenvalue weighted by Crippen LogP contribution is 2.30. The fourth-order valence-corrected chi connectivity index (χ4v) is 4.25. The molecule has 0 aromatic heterocycles. The van der Waals surface area contributed by atoms with Crippen LogP contribution in [0.3, 0.4) is 0 Å². The van der Waals surface area contributed by atoms with Crippen molar-refractivity contribution in [2.75, 3.05) is 52.3 Å². The van der Waals surface area contributed by atoms with E-state index in [1.807, 2.05) is 18.2 Å². The van der Waals surface area contributed by atoms with Crippen LogP contribution in [0.2, 0.25) is 0 Å². The summed E-state index contributed by atoms with van der Waals surface area (Å²) in [6.45, 7) is 2.93. The zero-order chi connectivity index (χ0) is 21.3. The van der Waals surface area contributed by atoms with Gasteiger partial charge in [-0.25, -0.2) is 4.99 Å². The van der Waals surface area contributed by atoms with Gasteiger partial charge in [-0.1, -0.05) is 31.4 Å². The molecule has 2 fully saturated rings. The van der Waals surface area contributed by atoms with E-state index in [9.17, 15) is 4.79 Å². The normalized spacial score (nSPS) is 20.2. The van der Waals surface area contributed by atoms with E-state index in [0.29, 0.717) is 5.92 Å². The van der Waals surface area contributed by atoms with E-state index in [1.54, 1.807) is 26.1 Å². The average molecular weight is 416 g/mol. The summed E-state index contributed by atoms with van der Waals surface area (Å²) in [5, 5.41) is 7.09. The zero-order valence-electron chi connectivity index (χ0n) is 18.7. The molecule has 0 spiro atoms. The number of hydrogen-bond donors (Lipinski definition) is 2. The minimum atomic E-state index is 0.0100. The molecule has 1 atom stereocenters. The Hall–Kier alpha value is -2.44. The van der Waals surface area contributed by atoms with Gasteiger partial charge in [-0.2, -0.15) is 0 Å². The highest BCUT2D eigenvalue weighted by atomic mass is 16.5. The van der Waals surface area contributed by atoms with Crippen LogP contribution in [-0.4, -0.2) is 70.2 Å². The van der Waals surface area contributed by atoms with Crippen LogP contribution >= 0.6 is 0 Å². The maximum Gasteiger partial charge on any atom is 0.243 e. The molecule has 30 heavy (non-hydrogen) atoms. The molecule has 1 aromatic rings. The number of anilines is 1. The van der Waals surface area contributed by atoms with Crippen molar-refractivity contribution in [3.63, 3.8) is 0 Å². The molecule has 1 heterocycles. The number of ether oxygens (including phenoxy) is 1. The van der Waals surface area contributed by atoms with Crippen molar-refractivity contribution >= 4 is 17.6 Å². The Balaban J connectivity index is 1.60. The number of aliphatic imine (C=N–C) groups is 1. The van der Waals surface area contributed by atoms with Gasteiger partial charge < -0.3 is 25.2 Å². The van der Waals surface area contributed by atoms with Crippen LogP contribution in [0, 0.1) is 5.92 Å². The molecule has 166 valence electrons. The molecule has 1 aliphatic heterocycles. The topological polar surface area (TPSA) is 69.2 Å². The van der Waals surface area contributed by atoms with E-state index < -0.39 is 0 Å². The number of para-hydroxylation sites is 2. The third-order valence-corrected chi connectivity index (χ3v) is 6.11. The number of amides is 1. The van der Waals surface area contributed by atoms with Gasteiger partial charge in [0.1, 0.15) is 12.3 Å². The predicted octanol–water partition coefficient (Wildman–Crippen LogP) is 2.48. The van der Waals surface area contributed by atoms with E-state index in [0.717, 1.165) is 43.5 Å². The van der Waals surface area contributed by atoms with Gasteiger partial charge in [-0.3, -0.25) is 4.79 Å². The van der Waals surface area contributed by atoms with E-state index in [2.05, 4.69) is 26.6 Å². The molecule has 1 aliphatic carbocycles. The lowest BCUT2D eigenvalue weighted by Gasteiger charge is -2.25. The maximum absolute atomic E-state index is 12.0. The molecule has 0 radical (unpaired) electrons. The number of nitrogens with zero attached hydrogens (tertiary/aromatic N) is 3. The number of hydrogen-bond acceptors (Lipinski definition) is 4. The lowest BCUT2D eigenvalue weighted by atomic mass is 9.89.